The predicted octanol–water partition coefficient (Wildman–Crippen LogP) is 1.92. The minimum Gasteiger partial charge on any atom is -0.376 e. The van der Waals surface area contributed by atoms with Crippen molar-refractivity contribution >= 4 is 0 Å². The van der Waals surface area contributed by atoms with Gasteiger partial charge < -0.3 is 23.7 Å². The van der Waals surface area contributed by atoms with Crippen LogP contribution in [0.15, 0.2) is 30.3 Å². The van der Waals surface area contributed by atoms with Gasteiger partial charge in [-0.15, -0.1) is 0 Å². The van der Waals surface area contributed by atoms with E-state index in [1.54, 1.807) is 14.2 Å². The largest absolute Gasteiger partial charge is 0.376 e. The highest BCUT2D eigenvalue weighted by molar-refractivity contribution is 5.16. The van der Waals surface area contributed by atoms with E-state index in [0.29, 0.717) is 6.61 Å². The zero-order chi connectivity index (χ0) is 14.8. The molecule has 0 saturated carbocycles. The van der Waals surface area contributed by atoms with E-state index < -0.39 is 0 Å². The molecule has 0 aliphatic carbocycles. The van der Waals surface area contributed by atoms with E-state index in [9.17, 15) is 0 Å². The monoisotopic (exact) mass is 294 g/mol. The molecule has 2 heterocycles. The van der Waals surface area contributed by atoms with E-state index >= 15 is 0 Å². The van der Waals surface area contributed by atoms with Crippen LogP contribution in [-0.4, -0.2) is 51.3 Å². The van der Waals surface area contributed by atoms with Crippen LogP contribution in [0.5, 0.6) is 0 Å². The Kier molecular flexibility index (Phi) is 4.57. The second kappa shape index (κ2) is 6.42. The van der Waals surface area contributed by atoms with E-state index in [2.05, 4.69) is 0 Å². The molecule has 1 aromatic rings. The molecule has 2 aliphatic heterocycles. The zero-order valence-corrected chi connectivity index (χ0v) is 12.6. The lowest BCUT2D eigenvalue weighted by Gasteiger charge is -2.48. The second-order valence-corrected chi connectivity index (χ2v) is 5.46. The molecule has 0 amide bonds. The molecule has 3 unspecified atom stereocenters. The molecule has 2 saturated heterocycles. The maximum Gasteiger partial charge on any atom is 0.184 e. The van der Waals surface area contributed by atoms with Gasteiger partial charge in [0.2, 0.25) is 0 Å². The summed E-state index contributed by atoms with van der Waals surface area (Å²) >= 11 is 0. The number of ether oxygens (including phenoxy) is 5. The van der Waals surface area contributed by atoms with Crippen molar-refractivity contribution in [2.45, 2.75) is 43.7 Å². The molecule has 2 fully saturated rings. The van der Waals surface area contributed by atoms with Gasteiger partial charge in [0.25, 0.3) is 0 Å². The van der Waals surface area contributed by atoms with Gasteiger partial charge in [-0.25, -0.2) is 0 Å². The third-order valence-corrected chi connectivity index (χ3v) is 4.17. The Labute approximate surface area is 125 Å². The SMILES string of the molecule is COC1[C@H](C)OC2COC(c3ccccc3)O[C@H]2[C@@H]1OC. The highest BCUT2D eigenvalue weighted by Crippen LogP contribution is 2.35. The topological polar surface area (TPSA) is 46.2 Å². The van der Waals surface area contributed by atoms with Crippen LogP contribution in [-0.2, 0) is 23.7 Å². The number of rotatable bonds is 3. The van der Waals surface area contributed by atoms with Crippen LogP contribution in [0.25, 0.3) is 0 Å². The predicted molar refractivity (Wildman–Crippen MR) is 75.9 cm³/mol. The van der Waals surface area contributed by atoms with Gasteiger partial charge in [-0.3, -0.25) is 0 Å². The molecule has 0 bridgehead atoms. The van der Waals surface area contributed by atoms with E-state index in [1.165, 1.54) is 0 Å². The van der Waals surface area contributed by atoms with Gasteiger partial charge in [-0.2, -0.15) is 0 Å². The number of hydrogen-bond acceptors (Lipinski definition) is 5. The second-order valence-electron chi connectivity index (χ2n) is 5.46. The number of benzene rings is 1. The minimum absolute atomic E-state index is 0.0540. The van der Waals surface area contributed by atoms with Crippen LogP contribution in [0.1, 0.15) is 18.8 Å². The highest BCUT2D eigenvalue weighted by Gasteiger charge is 2.49. The van der Waals surface area contributed by atoms with Crippen LogP contribution in [0, 0.1) is 0 Å². The number of fused-ring (bicyclic) bond motifs is 1. The van der Waals surface area contributed by atoms with E-state index in [1.807, 2.05) is 37.3 Å². The molecule has 0 radical (unpaired) electrons. The summed E-state index contributed by atoms with van der Waals surface area (Å²) in [6, 6.07) is 9.90. The van der Waals surface area contributed by atoms with Gasteiger partial charge in [-0.05, 0) is 6.92 Å². The highest BCUT2D eigenvalue weighted by atomic mass is 16.7. The van der Waals surface area contributed by atoms with Crippen molar-refractivity contribution in [3.05, 3.63) is 35.9 Å². The van der Waals surface area contributed by atoms with Crippen molar-refractivity contribution in [2.24, 2.45) is 0 Å². The lowest BCUT2D eigenvalue weighted by molar-refractivity contribution is -0.331. The van der Waals surface area contributed by atoms with Crippen molar-refractivity contribution in [3.63, 3.8) is 0 Å². The Morgan fingerprint density at radius 1 is 1.00 bits per heavy atom. The van der Waals surface area contributed by atoms with Crippen molar-refractivity contribution in [1.82, 2.24) is 0 Å². The summed E-state index contributed by atoms with van der Waals surface area (Å²) in [5, 5.41) is 0. The summed E-state index contributed by atoms with van der Waals surface area (Å²) in [6.07, 6.45) is -1.09. The Morgan fingerprint density at radius 3 is 2.38 bits per heavy atom. The molecule has 5 heteroatoms. The summed E-state index contributed by atoms with van der Waals surface area (Å²) in [5.74, 6) is 0. The van der Waals surface area contributed by atoms with Crippen LogP contribution in [0.3, 0.4) is 0 Å². The molecule has 5 nitrogen and oxygen atoms in total. The van der Waals surface area contributed by atoms with Crippen molar-refractivity contribution in [2.75, 3.05) is 20.8 Å². The summed E-state index contributed by atoms with van der Waals surface area (Å²) < 4.78 is 29.0. The van der Waals surface area contributed by atoms with E-state index in [0.717, 1.165) is 5.56 Å². The molecular weight excluding hydrogens is 272 g/mol. The lowest BCUT2D eigenvalue weighted by atomic mass is 9.94. The summed E-state index contributed by atoms with van der Waals surface area (Å²) in [4.78, 5) is 0. The molecule has 0 N–H and O–H groups in total. The molecule has 6 atom stereocenters. The van der Waals surface area contributed by atoms with Gasteiger partial charge in [0, 0.05) is 19.8 Å². The normalized spacial score (nSPS) is 39.8. The quantitative estimate of drug-likeness (QED) is 0.852. The first-order valence-corrected chi connectivity index (χ1v) is 7.27. The first-order chi connectivity index (χ1) is 10.2. The Morgan fingerprint density at radius 2 is 1.71 bits per heavy atom. The van der Waals surface area contributed by atoms with Crippen molar-refractivity contribution in [1.29, 1.82) is 0 Å². The first-order valence-electron chi connectivity index (χ1n) is 7.27. The van der Waals surface area contributed by atoms with E-state index in [-0.39, 0.29) is 36.8 Å². The molecule has 21 heavy (non-hydrogen) atoms. The van der Waals surface area contributed by atoms with Crippen molar-refractivity contribution < 1.29 is 23.7 Å². The van der Waals surface area contributed by atoms with Crippen molar-refractivity contribution in [3.8, 4) is 0 Å². The van der Waals surface area contributed by atoms with Crippen LogP contribution in [0.2, 0.25) is 0 Å². The average Bonchev–Trinajstić information content (AvgIpc) is 2.54. The lowest BCUT2D eigenvalue weighted by Crippen LogP contribution is -2.62. The average molecular weight is 294 g/mol. The molecule has 0 aromatic heterocycles. The van der Waals surface area contributed by atoms with Crippen LogP contribution < -0.4 is 0 Å². The Bertz CT molecular complexity index is 451. The minimum atomic E-state index is -0.389. The standard InChI is InChI=1S/C16H22O5/c1-10-13(17-2)15(18-3)14-12(20-10)9-19-16(21-14)11-7-5-4-6-8-11/h4-8,10,12-16H,9H2,1-3H3/t10-,12?,13?,14+,15+,16?/m0/s1. The maximum atomic E-state index is 6.11. The molecular formula is C16H22O5. The molecule has 2 aliphatic rings. The fraction of sp³-hybridized carbons (Fsp3) is 0.625. The van der Waals surface area contributed by atoms with Crippen LogP contribution in [0.4, 0.5) is 0 Å². The third-order valence-electron chi connectivity index (χ3n) is 4.17. The van der Waals surface area contributed by atoms with Gasteiger partial charge in [0.1, 0.15) is 24.4 Å². The van der Waals surface area contributed by atoms with Gasteiger partial charge in [-0.1, -0.05) is 30.3 Å². The third kappa shape index (κ3) is 2.84. The summed E-state index contributed by atoms with van der Waals surface area (Å²) in [6.45, 7) is 2.48. The smallest absolute Gasteiger partial charge is 0.184 e. The first kappa shape index (κ1) is 14.9. The number of hydrogen-bond donors (Lipinski definition) is 0. The zero-order valence-electron chi connectivity index (χ0n) is 12.6. The fourth-order valence-corrected chi connectivity index (χ4v) is 3.14. The molecule has 116 valence electrons. The van der Waals surface area contributed by atoms with Crippen LogP contribution >= 0.6 is 0 Å². The summed E-state index contributed by atoms with van der Waals surface area (Å²) in [7, 11) is 3.35. The molecule has 1 aromatic carbocycles. The van der Waals surface area contributed by atoms with Gasteiger partial charge >= 0.3 is 0 Å². The van der Waals surface area contributed by atoms with Gasteiger partial charge in [0.15, 0.2) is 6.29 Å². The summed E-state index contributed by atoms with van der Waals surface area (Å²) in [5.41, 5.74) is 0.999. The number of methoxy groups -OCH3 is 2. The fourth-order valence-electron chi connectivity index (χ4n) is 3.14. The van der Waals surface area contributed by atoms with Gasteiger partial charge in [0.05, 0.1) is 12.7 Å². The Hall–Kier alpha value is -0.980. The molecule has 3 rings (SSSR count). The van der Waals surface area contributed by atoms with E-state index in [4.69, 9.17) is 23.7 Å². The molecule has 0 spiro atoms. The Balaban J connectivity index is 1.78. The maximum absolute atomic E-state index is 6.11.